The minimum absolute atomic E-state index is 0.0464. The first-order valence-corrected chi connectivity index (χ1v) is 21.3. The van der Waals surface area contributed by atoms with Gasteiger partial charge in [0.15, 0.2) is 0 Å². The Bertz CT molecular complexity index is 2190. The molecule has 10 atom stereocenters. The van der Waals surface area contributed by atoms with Crippen LogP contribution in [-0.2, 0) is 19.1 Å². The number of ether oxygens (including phenoxy) is 2. The third kappa shape index (κ3) is 7.41. The van der Waals surface area contributed by atoms with Crippen molar-refractivity contribution in [3.8, 4) is 11.3 Å². The van der Waals surface area contributed by atoms with Gasteiger partial charge >= 0.3 is 12.2 Å². The Morgan fingerprint density at radius 2 is 1.20 bits per heavy atom. The molecule has 310 valence electrons. The van der Waals surface area contributed by atoms with Crippen molar-refractivity contribution in [2.45, 2.75) is 114 Å². The van der Waals surface area contributed by atoms with Crippen LogP contribution < -0.4 is 10.6 Å². The molecule has 0 spiro atoms. The van der Waals surface area contributed by atoms with Gasteiger partial charge in [0.25, 0.3) is 0 Å². The maximum atomic E-state index is 13.8. The highest BCUT2D eigenvalue weighted by Crippen LogP contribution is 2.56. The number of aromatic amines is 1. The van der Waals surface area contributed by atoms with Gasteiger partial charge in [0.05, 0.1) is 38.2 Å². The van der Waals surface area contributed by atoms with Crippen LogP contribution in [0, 0.1) is 23.7 Å². The second kappa shape index (κ2) is 15.3. The second-order valence-electron chi connectivity index (χ2n) is 18.2. The molecule has 13 heteroatoms. The lowest BCUT2D eigenvalue weighted by atomic mass is 9.95. The molecule has 3 saturated carbocycles. The van der Waals surface area contributed by atoms with Crippen molar-refractivity contribution in [3.63, 3.8) is 0 Å². The average Bonchev–Trinajstić information content (AvgIpc) is 4.16. The minimum Gasteiger partial charge on any atom is -0.453 e. The molecule has 1 aromatic heterocycles. The van der Waals surface area contributed by atoms with E-state index < -0.39 is 24.3 Å². The molecule has 0 radical (unpaired) electrons. The van der Waals surface area contributed by atoms with E-state index in [1.165, 1.54) is 25.3 Å². The first-order chi connectivity index (χ1) is 28.4. The van der Waals surface area contributed by atoms with Crippen LogP contribution in [0.2, 0.25) is 0 Å². The fourth-order valence-corrected chi connectivity index (χ4v) is 10.1. The number of hydrogen-bond acceptors (Lipinski definition) is 8. The summed E-state index contributed by atoms with van der Waals surface area (Å²) in [4.78, 5) is 68.8. The predicted molar refractivity (Wildman–Crippen MR) is 222 cm³/mol. The summed E-state index contributed by atoms with van der Waals surface area (Å²) in [6, 6.07) is 16.6. The summed E-state index contributed by atoms with van der Waals surface area (Å²) >= 11 is 0. The van der Waals surface area contributed by atoms with E-state index in [-0.39, 0.29) is 47.8 Å². The van der Waals surface area contributed by atoms with E-state index in [2.05, 4.69) is 64.1 Å². The normalized spacial score (nSPS) is 28.3. The topological polar surface area (TPSA) is 158 Å². The molecule has 6 aliphatic rings. The molecule has 3 aliphatic carbocycles. The summed E-state index contributed by atoms with van der Waals surface area (Å²) in [5.74, 6) is 2.40. The molecule has 0 unspecified atom stereocenters. The first kappa shape index (κ1) is 39.0. The number of rotatable bonds is 12. The number of piperidine rings is 2. The van der Waals surface area contributed by atoms with Crippen LogP contribution in [0.5, 0.6) is 0 Å². The highest BCUT2D eigenvalue weighted by molar-refractivity contribution is 6.04. The number of aromatic nitrogens is 2. The van der Waals surface area contributed by atoms with Crippen molar-refractivity contribution in [2.24, 2.45) is 28.7 Å². The maximum Gasteiger partial charge on any atom is 0.407 e. The fraction of sp³-hybridized carbons (Fsp3) is 0.522. The first-order valence-electron chi connectivity index (χ1n) is 21.3. The SMILES string of the molecule is COC(=O)N[C@H](C(=O)N1[C@@H]2C[C@@H]2C[C@H]1C1=NC=C(c2ccc([C@@H]3C[C@H]3c3ccc(-c4cnc([C@@H]5C[C@H]6C[C@H]6N5C(=O)[C@@H](NC(=O)OC)C(C)C)[nH]4)cc3)cc2)C1)C(C)C. The highest BCUT2D eigenvalue weighted by Gasteiger charge is 2.57. The van der Waals surface area contributed by atoms with E-state index >= 15 is 0 Å². The molecule has 2 aromatic carbocycles. The van der Waals surface area contributed by atoms with Gasteiger partial charge in [-0.3, -0.25) is 14.6 Å². The summed E-state index contributed by atoms with van der Waals surface area (Å²) in [7, 11) is 2.63. The van der Waals surface area contributed by atoms with Crippen molar-refractivity contribution in [1.82, 2.24) is 30.4 Å². The number of methoxy groups -OCH3 is 2. The van der Waals surface area contributed by atoms with E-state index in [4.69, 9.17) is 19.5 Å². The third-order valence-corrected chi connectivity index (χ3v) is 13.7. The zero-order valence-electron chi connectivity index (χ0n) is 34.7. The quantitative estimate of drug-likeness (QED) is 0.179. The van der Waals surface area contributed by atoms with E-state index in [9.17, 15) is 19.2 Å². The lowest BCUT2D eigenvalue weighted by Crippen LogP contribution is -2.54. The number of carbonyl (C=O) groups excluding carboxylic acids is 4. The molecule has 4 amide bonds. The number of nitrogens with one attached hydrogen (secondary N) is 3. The van der Waals surface area contributed by atoms with Crippen LogP contribution >= 0.6 is 0 Å². The van der Waals surface area contributed by atoms with Crippen LogP contribution in [0.25, 0.3) is 16.8 Å². The molecule has 4 heterocycles. The molecular formula is C46H55N7O6. The van der Waals surface area contributed by atoms with Crippen LogP contribution in [-0.4, -0.2) is 93.9 Å². The summed E-state index contributed by atoms with van der Waals surface area (Å²) in [5.41, 5.74) is 7.97. The molecule has 13 nitrogen and oxygen atoms in total. The monoisotopic (exact) mass is 801 g/mol. The minimum atomic E-state index is -0.662. The Morgan fingerprint density at radius 1 is 0.695 bits per heavy atom. The number of hydrogen-bond donors (Lipinski definition) is 3. The van der Waals surface area contributed by atoms with Gasteiger partial charge in [0, 0.05) is 30.4 Å². The Balaban J connectivity index is 0.804. The lowest BCUT2D eigenvalue weighted by molar-refractivity contribution is -0.137. The number of benzene rings is 2. The van der Waals surface area contributed by atoms with E-state index in [0.717, 1.165) is 66.0 Å². The van der Waals surface area contributed by atoms with Gasteiger partial charge in [-0.2, -0.15) is 0 Å². The Kier molecular flexibility index (Phi) is 10.1. The average molecular weight is 802 g/mol. The molecule has 2 saturated heterocycles. The number of imidazole rings is 1. The van der Waals surface area contributed by atoms with E-state index in [0.29, 0.717) is 30.1 Å². The van der Waals surface area contributed by atoms with Gasteiger partial charge in [0.1, 0.15) is 17.9 Å². The summed E-state index contributed by atoms with van der Waals surface area (Å²) in [5, 5.41) is 5.51. The zero-order valence-corrected chi connectivity index (χ0v) is 34.7. The zero-order chi connectivity index (χ0) is 41.3. The van der Waals surface area contributed by atoms with Crippen LogP contribution in [0.15, 0.2) is 65.9 Å². The number of fused-ring (bicyclic) bond motifs is 2. The molecule has 9 rings (SSSR count). The second-order valence-corrected chi connectivity index (χ2v) is 18.2. The number of aliphatic imine (C=N–C) groups is 1. The van der Waals surface area contributed by atoms with Gasteiger partial charge in [-0.1, -0.05) is 76.2 Å². The van der Waals surface area contributed by atoms with Gasteiger partial charge in [-0.05, 0) is 95.4 Å². The van der Waals surface area contributed by atoms with Crippen molar-refractivity contribution in [1.29, 1.82) is 0 Å². The Morgan fingerprint density at radius 3 is 1.73 bits per heavy atom. The van der Waals surface area contributed by atoms with Crippen molar-refractivity contribution in [3.05, 3.63) is 83.4 Å². The lowest BCUT2D eigenvalue weighted by Gasteiger charge is -2.33. The predicted octanol–water partition coefficient (Wildman–Crippen LogP) is 6.95. The molecule has 59 heavy (non-hydrogen) atoms. The Labute approximate surface area is 345 Å². The van der Waals surface area contributed by atoms with Gasteiger partial charge in [-0.25, -0.2) is 14.6 Å². The van der Waals surface area contributed by atoms with Crippen LogP contribution in [0.1, 0.15) is 107 Å². The third-order valence-electron chi connectivity index (χ3n) is 13.7. The van der Waals surface area contributed by atoms with Crippen LogP contribution in [0.3, 0.4) is 0 Å². The number of H-pyrrole nitrogens is 1. The summed E-state index contributed by atoms with van der Waals surface area (Å²) in [6.07, 6.45) is 8.25. The summed E-state index contributed by atoms with van der Waals surface area (Å²) < 4.78 is 9.62. The standard InChI is InChI=1S/C46H55N7O6/c1-23(2)40(50-45(56)58-5)43(54)52-36-16-29(36)18-38(52)34-15-31(21-47-34)25-7-9-26(10-8-25)32-20-33(32)27-11-13-28(14-12-27)35-22-48-42(49-35)39-19-30-17-37(30)53(39)44(55)41(24(3)4)51-46(57)59-6/h7-14,21-24,29-30,32-33,36-41H,15-20H2,1-6H3,(H,48,49)(H,50,56)(H,51,57)/t29-,30-,32+,33+,36-,37-,38+,39+,40+,41+/m1/s1. The van der Waals surface area contributed by atoms with Crippen molar-refractivity contribution >= 4 is 35.3 Å². The van der Waals surface area contributed by atoms with Gasteiger partial charge in [0.2, 0.25) is 11.8 Å². The fourth-order valence-electron chi connectivity index (χ4n) is 10.1. The van der Waals surface area contributed by atoms with Crippen LogP contribution in [0.4, 0.5) is 9.59 Å². The molecule has 3 aliphatic heterocycles. The Hall–Kier alpha value is -5.46. The largest absolute Gasteiger partial charge is 0.453 e. The molecule has 3 N–H and O–H groups in total. The maximum absolute atomic E-state index is 13.8. The van der Waals surface area contributed by atoms with Crippen molar-refractivity contribution < 1.29 is 28.7 Å². The van der Waals surface area contributed by atoms with Gasteiger partial charge in [-0.15, -0.1) is 0 Å². The number of carbonyl (C=O) groups is 4. The summed E-state index contributed by atoms with van der Waals surface area (Å²) in [6.45, 7) is 7.75. The van der Waals surface area contributed by atoms with Crippen molar-refractivity contribution in [2.75, 3.05) is 14.2 Å². The number of nitrogens with zero attached hydrogens (tertiary/aromatic N) is 4. The van der Waals surface area contributed by atoms with Gasteiger partial charge < -0.3 is 34.9 Å². The molecular weight excluding hydrogens is 747 g/mol. The van der Waals surface area contributed by atoms with E-state index in [1.807, 2.05) is 49.9 Å². The number of allylic oxidation sites excluding steroid dienone is 1. The highest BCUT2D eigenvalue weighted by atomic mass is 16.5. The molecule has 0 bridgehead atoms. The molecule has 5 fully saturated rings. The number of likely N-dealkylation sites (tertiary alicyclic amines) is 2. The molecule has 3 aromatic rings. The number of amides is 4. The van der Waals surface area contributed by atoms with E-state index in [1.54, 1.807) is 0 Å². The smallest absolute Gasteiger partial charge is 0.407 e. The number of alkyl carbamates (subject to hydrolysis) is 2.